The van der Waals surface area contributed by atoms with Crippen molar-refractivity contribution < 1.29 is 13.2 Å². The minimum atomic E-state index is -3.09. The van der Waals surface area contributed by atoms with Crippen LogP contribution in [0.4, 0.5) is 4.79 Å². The van der Waals surface area contributed by atoms with Gasteiger partial charge in [-0.3, -0.25) is 0 Å². The molecule has 1 N–H and O–H groups in total. The van der Waals surface area contributed by atoms with Crippen LogP contribution in [0, 0.1) is 6.92 Å². The standard InChI is InChI=1S/C17H23N3O3S/c1-12-14-6-4-5-7-15(14)19(2)16(12)10-18-17(21)20-9-8-13(11-20)24(3,22)23/h4-7,13H,8-11H2,1-3H3,(H,18,21). The first-order valence-corrected chi connectivity index (χ1v) is 9.99. The highest BCUT2D eigenvalue weighted by Gasteiger charge is 2.32. The topological polar surface area (TPSA) is 71.4 Å². The van der Waals surface area contributed by atoms with E-state index in [1.165, 1.54) is 11.6 Å². The van der Waals surface area contributed by atoms with Gasteiger partial charge in [0, 0.05) is 43.0 Å². The molecule has 6 nitrogen and oxygen atoms in total. The number of amides is 2. The van der Waals surface area contributed by atoms with Gasteiger partial charge in [-0.1, -0.05) is 18.2 Å². The van der Waals surface area contributed by atoms with Gasteiger partial charge in [0.05, 0.1) is 11.8 Å². The lowest BCUT2D eigenvalue weighted by atomic mass is 10.1. The zero-order valence-corrected chi connectivity index (χ0v) is 15.1. The van der Waals surface area contributed by atoms with Crippen molar-refractivity contribution in [3.63, 3.8) is 0 Å². The number of likely N-dealkylation sites (tertiary alicyclic amines) is 1. The fourth-order valence-corrected chi connectivity index (χ4v) is 4.40. The average Bonchev–Trinajstić information content (AvgIpc) is 3.12. The molecule has 0 saturated carbocycles. The van der Waals surface area contributed by atoms with E-state index in [1.807, 2.05) is 19.2 Å². The molecule has 7 heteroatoms. The van der Waals surface area contributed by atoms with E-state index in [0.717, 1.165) is 16.8 Å². The molecule has 1 aliphatic rings. The summed E-state index contributed by atoms with van der Waals surface area (Å²) in [5.41, 5.74) is 3.35. The maximum Gasteiger partial charge on any atom is 0.317 e. The number of carbonyl (C=O) groups is 1. The van der Waals surface area contributed by atoms with E-state index in [4.69, 9.17) is 0 Å². The van der Waals surface area contributed by atoms with Crippen LogP contribution in [0.15, 0.2) is 24.3 Å². The minimum Gasteiger partial charge on any atom is -0.346 e. The molecule has 1 aliphatic heterocycles. The van der Waals surface area contributed by atoms with Gasteiger partial charge in [0.1, 0.15) is 0 Å². The van der Waals surface area contributed by atoms with Crippen LogP contribution in [-0.4, -0.2) is 48.5 Å². The molecule has 1 atom stereocenters. The second-order valence-electron chi connectivity index (χ2n) is 6.49. The van der Waals surface area contributed by atoms with E-state index >= 15 is 0 Å². The smallest absolute Gasteiger partial charge is 0.317 e. The highest BCUT2D eigenvalue weighted by molar-refractivity contribution is 7.91. The summed E-state index contributed by atoms with van der Waals surface area (Å²) >= 11 is 0. The number of fused-ring (bicyclic) bond motifs is 1. The van der Waals surface area contributed by atoms with Gasteiger partial charge < -0.3 is 14.8 Å². The lowest BCUT2D eigenvalue weighted by molar-refractivity contribution is 0.208. The molecule has 2 aromatic rings. The van der Waals surface area contributed by atoms with Crippen molar-refractivity contribution >= 4 is 26.8 Å². The van der Waals surface area contributed by atoms with Crippen LogP contribution >= 0.6 is 0 Å². The molecule has 1 fully saturated rings. The monoisotopic (exact) mass is 349 g/mol. The molecule has 1 saturated heterocycles. The first kappa shape index (κ1) is 16.8. The fraction of sp³-hybridized carbons (Fsp3) is 0.471. The van der Waals surface area contributed by atoms with Crippen LogP contribution in [0.25, 0.3) is 10.9 Å². The van der Waals surface area contributed by atoms with Crippen LogP contribution in [-0.2, 0) is 23.4 Å². The van der Waals surface area contributed by atoms with Crippen LogP contribution in [0.3, 0.4) is 0 Å². The highest BCUT2D eigenvalue weighted by atomic mass is 32.2. The molecule has 24 heavy (non-hydrogen) atoms. The molecule has 1 aromatic carbocycles. The third-order valence-electron chi connectivity index (χ3n) is 4.95. The maximum absolute atomic E-state index is 12.3. The minimum absolute atomic E-state index is 0.203. The van der Waals surface area contributed by atoms with Crippen LogP contribution < -0.4 is 5.32 Å². The third kappa shape index (κ3) is 3.00. The van der Waals surface area contributed by atoms with E-state index in [-0.39, 0.29) is 12.6 Å². The Kier molecular flexibility index (Phi) is 4.29. The van der Waals surface area contributed by atoms with Crippen LogP contribution in [0.1, 0.15) is 17.7 Å². The summed E-state index contributed by atoms with van der Waals surface area (Å²) in [5.74, 6) is 0. The molecular formula is C17H23N3O3S. The number of hydrogen-bond donors (Lipinski definition) is 1. The molecule has 2 heterocycles. The number of hydrogen-bond acceptors (Lipinski definition) is 3. The Morgan fingerprint density at radius 1 is 1.33 bits per heavy atom. The normalized spacial score (nSPS) is 18.3. The zero-order chi connectivity index (χ0) is 17.5. The Balaban J connectivity index is 1.70. The number of rotatable bonds is 3. The van der Waals surface area contributed by atoms with Crippen molar-refractivity contribution in [2.75, 3.05) is 19.3 Å². The number of aryl methyl sites for hydroxylation is 2. The first-order chi connectivity index (χ1) is 11.3. The zero-order valence-electron chi connectivity index (χ0n) is 14.2. The molecule has 130 valence electrons. The Bertz CT molecular complexity index is 847. The van der Waals surface area contributed by atoms with E-state index < -0.39 is 15.1 Å². The molecule has 0 radical (unpaired) electrons. The second kappa shape index (κ2) is 6.12. The number of para-hydroxylation sites is 1. The number of nitrogens with zero attached hydrogens (tertiary/aromatic N) is 2. The van der Waals surface area contributed by atoms with E-state index in [2.05, 4.69) is 28.9 Å². The summed E-state index contributed by atoms with van der Waals surface area (Å²) in [4.78, 5) is 13.9. The summed E-state index contributed by atoms with van der Waals surface area (Å²) in [6, 6.07) is 7.94. The van der Waals surface area contributed by atoms with E-state index in [0.29, 0.717) is 19.5 Å². The van der Waals surface area contributed by atoms with E-state index in [1.54, 1.807) is 4.90 Å². The number of aromatic nitrogens is 1. The average molecular weight is 349 g/mol. The van der Waals surface area contributed by atoms with Gasteiger partial charge in [0.15, 0.2) is 9.84 Å². The number of carbonyl (C=O) groups excluding carboxylic acids is 1. The van der Waals surface area contributed by atoms with E-state index in [9.17, 15) is 13.2 Å². The molecule has 3 rings (SSSR count). The van der Waals surface area contributed by atoms with Gasteiger partial charge in [0.25, 0.3) is 0 Å². The van der Waals surface area contributed by atoms with Crippen molar-refractivity contribution in [1.82, 2.24) is 14.8 Å². The summed E-state index contributed by atoms with van der Waals surface area (Å²) in [6.07, 6.45) is 1.75. The van der Waals surface area contributed by atoms with Crippen molar-refractivity contribution in [3.05, 3.63) is 35.5 Å². The Morgan fingerprint density at radius 3 is 2.67 bits per heavy atom. The van der Waals surface area contributed by atoms with Crippen molar-refractivity contribution in [1.29, 1.82) is 0 Å². The summed E-state index contributed by atoms with van der Waals surface area (Å²) in [7, 11) is -1.10. The predicted octanol–water partition coefficient (Wildman–Crippen LogP) is 1.82. The van der Waals surface area contributed by atoms with Gasteiger partial charge in [-0.25, -0.2) is 13.2 Å². The third-order valence-corrected chi connectivity index (χ3v) is 6.55. The predicted molar refractivity (Wildman–Crippen MR) is 94.7 cm³/mol. The Morgan fingerprint density at radius 2 is 2.04 bits per heavy atom. The SMILES string of the molecule is Cc1c(CNC(=O)N2CCC(S(C)(=O)=O)C2)n(C)c2ccccc12. The summed E-state index contributed by atoms with van der Waals surface area (Å²) in [6.45, 7) is 3.24. The molecule has 1 aromatic heterocycles. The Hall–Kier alpha value is -2.02. The quantitative estimate of drug-likeness (QED) is 0.919. The van der Waals surface area contributed by atoms with Crippen molar-refractivity contribution in [2.45, 2.75) is 25.1 Å². The van der Waals surface area contributed by atoms with Crippen LogP contribution in [0.5, 0.6) is 0 Å². The molecule has 0 aliphatic carbocycles. The lowest BCUT2D eigenvalue weighted by Crippen LogP contribution is -2.39. The number of sulfone groups is 1. The van der Waals surface area contributed by atoms with Crippen molar-refractivity contribution in [3.8, 4) is 0 Å². The van der Waals surface area contributed by atoms with Crippen LogP contribution in [0.2, 0.25) is 0 Å². The van der Waals surface area contributed by atoms with Gasteiger partial charge in [-0.2, -0.15) is 0 Å². The van der Waals surface area contributed by atoms with Gasteiger partial charge in [-0.15, -0.1) is 0 Å². The fourth-order valence-electron chi connectivity index (χ4n) is 3.42. The number of benzene rings is 1. The van der Waals surface area contributed by atoms with Gasteiger partial charge in [0.2, 0.25) is 0 Å². The lowest BCUT2D eigenvalue weighted by Gasteiger charge is -2.17. The summed E-state index contributed by atoms with van der Waals surface area (Å²) in [5, 5.41) is 3.67. The van der Waals surface area contributed by atoms with Gasteiger partial charge >= 0.3 is 6.03 Å². The molecule has 0 spiro atoms. The molecular weight excluding hydrogens is 326 g/mol. The van der Waals surface area contributed by atoms with Crippen molar-refractivity contribution in [2.24, 2.45) is 7.05 Å². The number of nitrogens with one attached hydrogen (secondary N) is 1. The molecule has 0 bridgehead atoms. The maximum atomic E-state index is 12.3. The molecule has 1 unspecified atom stereocenters. The van der Waals surface area contributed by atoms with Gasteiger partial charge in [-0.05, 0) is 25.0 Å². The first-order valence-electron chi connectivity index (χ1n) is 8.03. The molecule has 2 amide bonds. The summed E-state index contributed by atoms with van der Waals surface area (Å²) < 4.78 is 25.3. The second-order valence-corrected chi connectivity index (χ2v) is 8.82. The number of urea groups is 1. The Labute approximate surface area is 142 Å². The largest absolute Gasteiger partial charge is 0.346 e. The highest BCUT2D eigenvalue weighted by Crippen LogP contribution is 2.24.